The maximum absolute atomic E-state index is 10.8. The Labute approximate surface area is 92.2 Å². The van der Waals surface area contributed by atoms with E-state index in [0.717, 1.165) is 0 Å². The van der Waals surface area contributed by atoms with Gasteiger partial charge in [0.1, 0.15) is 6.42 Å². The largest absolute Gasteiger partial charge is 0.272 e. The third-order valence-corrected chi connectivity index (χ3v) is 1.88. The van der Waals surface area contributed by atoms with Gasteiger partial charge in [0.2, 0.25) is 0 Å². The van der Waals surface area contributed by atoms with Crippen molar-refractivity contribution in [3.05, 3.63) is 34.9 Å². The molecule has 1 N–H and O–H groups in total. The second-order valence-corrected chi connectivity index (χ2v) is 3.06. The van der Waals surface area contributed by atoms with Crippen LogP contribution in [0.5, 0.6) is 0 Å². The highest BCUT2D eigenvalue weighted by molar-refractivity contribution is 6.33. The lowest BCUT2D eigenvalue weighted by Crippen LogP contribution is -2.16. The monoisotopic (exact) mass is 221 g/mol. The Morgan fingerprint density at radius 1 is 1.60 bits per heavy atom. The van der Waals surface area contributed by atoms with Crippen LogP contribution in [0.4, 0.5) is 0 Å². The van der Waals surface area contributed by atoms with Gasteiger partial charge in [0.15, 0.2) is 0 Å². The molecule has 0 unspecified atom stereocenters. The first-order valence-electron chi connectivity index (χ1n) is 4.17. The highest BCUT2D eigenvalue weighted by atomic mass is 35.5. The fourth-order valence-corrected chi connectivity index (χ4v) is 1.05. The fraction of sp³-hybridized carbons (Fsp3) is 0.100. The number of hydrogen-bond donors (Lipinski definition) is 1. The number of nitrogens with one attached hydrogen (secondary N) is 1. The molecule has 0 fully saturated rings. The molecule has 0 aliphatic heterocycles. The van der Waals surface area contributed by atoms with Crippen LogP contribution >= 0.6 is 11.6 Å². The number of amides is 1. The molecule has 0 aromatic heterocycles. The SMILES string of the molecule is N#CCC(=O)NN=Cc1ccccc1Cl. The average Bonchev–Trinajstić information content (AvgIpc) is 2.21. The first-order chi connectivity index (χ1) is 7.24. The van der Waals surface area contributed by atoms with Crippen LogP contribution in [0.1, 0.15) is 12.0 Å². The molecule has 4 nitrogen and oxygen atoms in total. The maximum atomic E-state index is 10.8. The molecule has 0 spiro atoms. The van der Waals surface area contributed by atoms with Crippen molar-refractivity contribution in [3.8, 4) is 6.07 Å². The number of nitriles is 1. The van der Waals surface area contributed by atoms with Gasteiger partial charge in [-0.15, -0.1) is 0 Å². The number of rotatable bonds is 3. The molecule has 0 atom stereocenters. The van der Waals surface area contributed by atoms with Crippen molar-refractivity contribution in [2.24, 2.45) is 5.10 Å². The molecule has 0 aliphatic rings. The van der Waals surface area contributed by atoms with Gasteiger partial charge in [-0.2, -0.15) is 10.4 Å². The Kier molecular flexibility index (Phi) is 4.32. The summed E-state index contributed by atoms with van der Waals surface area (Å²) in [6.07, 6.45) is 1.22. The van der Waals surface area contributed by atoms with Gasteiger partial charge >= 0.3 is 0 Å². The molecule has 0 radical (unpaired) electrons. The Bertz CT molecular complexity index is 423. The lowest BCUT2D eigenvalue weighted by atomic mass is 10.2. The third kappa shape index (κ3) is 3.79. The topological polar surface area (TPSA) is 65.2 Å². The van der Waals surface area contributed by atoms with Crippen LogP contribution in [0.25, 0.3) is 0 Å². The number of halogens is 1. The molecule has 1 aromatic carbocycles. The van der Waals surface area contributed by atoms with Gasteiger partial charge in [0.25, 0.3) is 5.91 Å². The number of carbonyl (C=O) groups is 1. The summed E-state index contributed by atoms with van der Waals surface area (Å²) in [6, 6.07) is 8.81. The van der Waals surface area contributed by atoms with Gasteiger partial charge in [-0.05, 0) is 6.07 Å². The number of hydrogen-bond acceptors (Lipinski definition) is 3. The van der Waals surface area contributed by atoms with Gasteiger partial charge in [-0.25, -0.2) is 5.43 Å². The summed E-state index contributed by atoms with van der Waals surface area (Å²) >= 11 is 5.84. The molecule has 0 saturated heterocycles. The lowest BCUT2D eigenvalue weighted by Gasteiger charge is -1.96. The number of benzene rings is 1. The highest BCUT2D eigenvalue weighted by Gasteiger charge is 1.97. The molecular weight excluding hydrogens is 214 g/mol. The molecule has 0 bridgehead atoms. The zero-order valence-corrected chi connectivity index (χ0v) is 8.53. The predicted molar refractivity (Wildman–Crippen MR) is 57.4 cm³/mol. The molecule has 0 saturated carbocycles. The molecule has 15 heavy (non-hydrogen) atoms. The van der Waals surface area contributed by atoms with E-state index in [1.807, 2.05) is 6.07 Å². The van der Waals surface area contributed by atoms with E-state index >= 15 is 0 Å². The number of nitrogens with zero attached hydrogens (tertiary/aromatic N) is 2. The minimum absolute atomic E-state index is 0.208. The van der Waals surface area contributed by atoms with E-state index in [9.17, 15) is 4.79 Å². The zero-order valence-electron chi connectivity index (χ0n) is 7.77. The van der Waals surface area contributed by atoms with Crippen LogP contribution in [0.15, 0.2) is 29.4 Å². The molecule has 76 valence electrons. The van der Waals surface area contributed by atoms with Crippen molar-refractivity contribution in [2.75, 3.05) is 0 Å². The van der Waals surface area contributed by atoms with Crippen molar-refractivity contribution in [1.29, 1.82) is 5.26 Å². The standard InChI is InChI=1S/C10H8ClN3O/c11-9-4-2-1-3-8(9)7-13-14-10(15)5-6-12/h1-4,7H,5H2,(H,14,15). The minimum atomic E-state index is -0.444. The van der Waals surface area contributed by atoms with Crippen molar-refractivity contribution in [1.82, 2.24) is 5.43 Å². The Morgan fingerprint density at radius 3 is 3.00 bits per heavy atom. The first kappa shape index (κ1) is 11.2. The third-order valence-electron chi connectivity index (χ3n) is 1.54. The van der Waals surface area contributed by atoms with Crippen LogP contribution in [0.3, 0.4) is 0 Å². The Hall–Kier alpha value is -1.86. The predicted octanol–water partition coefficient (Wildman–Crippen LogP) is 1.70. The summed E-state index contributed by atoms with van der Waals surface area (Å²) < 4.78 is 0. The van der Waals surface area contributed by atoms with Crippen LogP contribution in [-0.2, 0) is 4.79 Å². The Morgan fingerprint density at radius 2 is 2.33 bits per heavy atom. The molecule has 0 aliphatic carbocycles. The normalized spacial score (nSPS) is 9.87. The van der Waals surface area contributed by atoms with E-state index < -0.39 is 5.91 Å². The highest BCUT2D eigenvalue weighted by Crippen LogP contribution is 2.11. The summed E-state index contributed by atoms with van der Waals surface area (Å²) in [5, 5.41) is 12.4. The smallest absolute Gasteiger partial charge is 0.254 e. The first-order valence-corrected chi connectivity index (χ1v) is 4.55. The quantitative estimate of drug-likeness (QED) is 0.624. The summed E-state index contributed by atoms with van der Waals surface area (Å²) in [5.41, 5.74) is 2.91. The molecule has 1 rings (SSSR count). The van der Waals surface area contributed by atoms with E-state index in [1.165, 1.54) is 6.21 Å². The van der Waals surface area contributed by atoms with Gasteiger partial charge in [-0.1, -0.05) is 29.8 Å². The van der Waals surface area contributed by atoms with Crippen molar-refractivity contribution < 1.29 is 4.79 Å². The van der Waals surface area contributed by atoms with Crippen LogP contribution in [0.2, 0.25) is 5.02 Å². The summed E-state index contributed by atoms with van der Waals surface area (Å²) in [6.45, 7) is 0. The molecule has 1 amide bonds. The van der Waals surface area contributed by atoms with Gasteiger partial charge in [0, 0.05) is 10.6 Å². The van der Waals surface area contributed by atoms with Gasteiger partial charge in [0.05, 0.1) is 12.3 Å². The van der Waals surface area contributed by atoms with E-state index in [-0.39, 0.29) is 6.42 Å². The lowest BCUT2D eigenvalue weighted by molar-refractivity contribution is -0.120. The molecular formula is C10H8ClN3O. The number of carbonyl (C=O) groups excluding carboxylic acids is 1. The van der Waals surface area contributed by atoms with Crippen LogP contribution in [-0.4, -0.2) is 12.1 Å². The van der Waals surface area contributed by atoms with Crippen molar-refractivity contribution in [2.45, 2.75) is 6.42 Å². The summed E-state index contributed by atoms with van der Waals surface area (Å²) in [5.74, 6) is -0.444. The maximum Gasteiger partial charge on any atom is 0.254 e. The second kappa shape index (κ2) is 5.78. The molecule has 5 heteroatoms. The number of hydrazone groups is 1. The fourth-order valence-electron chi connectivity index (χ4n) is 0.865. The van der Waals surface area contributed by atoms with Crippen LogP contribution < -0.4 is 5.43 Å². The van der Waals surface area contributed by atoms with E-state index in [0.29, 0.717) is 10.6 Å². The Balaban J connectivity index is 2.56. The van der Waals surface area contributed by atoms with E-state index in [2.05, 4.69) is 10.5 Å². The molecule has 0 heterocycles. The van der Waals surface area contributed by atoms with Crippen molar-refractivity contribution in [3.63, 3.8) is 0 Å². The van der Waals surface area contributed by atoms with Gasteiger partial charge in [-0.3, -0.25) is 4.79 Å². The van der Waals surface area contributed by atoms with Gasteiger partial charge < -0.3 is 0 Å². The summed E-state index contributed by atoms with van der Waals surface area (Å²) in [7, 11) is 0. The van der Waals surface area contributed by atoms with Crippen LogP contribution in [0, 0.1) is 11.3 Å². The second-order valence-electron chi connectivity index (χ2n) is 2.65. The zero-order chi connectivity index (χ0) is 11.1. The average molecular weight is 222 g/mol. The molecule has 1 aromatic rings. The van der Waals surface area contributed by atoms with Crippen molar-refractivity contribution >= 4 is 23.7 Å². The van der Waals surface area contributed by atoms with E-state index in [1.54, 1.807) is 24.3 Å². The van der Waals surface area contributed by atoms with E-state index in [4.69, 9.17) is 16.9 Å². The minimum Gasteiger partial charge on any atom is -0.272 e. The summed E-state index contributed by atoms with van der Waals surface area (Å²) in [4.78, 5) is 10.8.